The van der Waals surface area contributed by atoms with Crippen LogP contribution in [0.1, 0.15) is 11.1 Å². The molecule has 1 unspecified atom stereocenters. The molecule has 3 aromatic rings. The average Bonchev–Trinajstić information content (AvgIpc) is 3.13. The second-order valence-corrected chi connectivity index (χ2v) is 6.80. The molecule has 1 atom stereocenters. The summed E-state index contributed by atoms with van der Waals surface area (Å²) in [5, 5.41) is 5.56. The largest absolute Gasteiger partial charge is 0.380 e. The molecule has 0 amide bonds. The molecule has 24 heavy (non-hydrogen) atoms. The average molecular weight is 324 g/mol. The van der Waals surface area contributed by atoms with E-state index in [4.69, 9.17) is 4.74 Å². The van der Waals surface area contributed by atoms with Crippen LogP contribution in [0.5, 0.6) is 0 Å². The minimum absolute atomic E-state index is 0.528. The SMILES string of the molecule is Cn1cc(CN2CCOCC(Cc3ccc4[nH]ccc4c3)C2)cn1. The van der Waals surface area contributed by atoms with Gasteiger partial charge in [-0.3, -0.25) is 9.58 Å². The topological polar surface area (TPSA) is 46.1 Å². The van der Waals surface area contributed by atoms with E-state index >= 15 is 0 Å². The maximum Gasteiger partial charge on any atom is 0.0593 e. The molecule has 4 rings (SSSR count). The van der Waals surface area contributed by atoms with Gasteiger partial charge in [-0.25, -0.2) is 0 Å². The van der Waals surface area contributed by atoms with Gasteiger partial charge in [-0.05, 0) is 41.5 Å². The summed E-state index contributed by atoms with van der Waals surface area (Å²) in [5.41, 5.74) is 3.86. The van der Waals surface area contributed by atoms with Crippen LogP contribution in [0.3, 0.4) is 0 Å². The lowest BCUT2D eigenvalue weighted by Gasteiger charge is -2.22. The first-order valence-corrected chi connectivity index (χ1v) is 8.60. The van der Waals surface area contributed by atoms with Gasteiger partial charge in [-0.15, -0.1) is 0 Å². The summed E-state index contributed by atoms with van der Waals surface area (Å²) >= 11 is 0. The van der Waals surface area contributed by atoms with Gasteiger partial charge >= 0.3 is 0 Å². The maximum atomic E-state index is 5.86. The highest BCUT2D eigenvalue weighted by molar-refractivity contribution is 5.79. The highest BCUT2D eigenvalue weighted by atomic mass is 16.5. The molecule has 2 aromatic heterocycles. The van der Waals surface area contributed by atoms with Crippen LogP contribution in [0.4, 0.5) is 0 Å². The Hall–Kier alpha value is -2.11. The van der Waals surface area contributed by atoms with Crippen LogP contribution in [-0.2, 0) is 24.8 Å². The predicted octanol–water partition coefficient (Wildman–Crippen LogP) is 2.59. The van der Waals surface area contributed by atoms with Crippen LogP contribution in [0, 0.1) is 5.92 Å². The van der Waals surface area contributed by atoms with Crippen molar-refractivity contribution in [2.75, 3.05) is 26.3 Å². The first-order chi connectivity index (χ1) is 11.8. The number of nitrogens with zero attached hydrogens (tertiary/aromatic N) is 3. The molecule has 0 radical (unpaired) electrons. The third-order valence-electron chi connectivity index (χ3n) is 4.73. The lowest BCUT2D eigenvalue weighted by molar-refractivity contribution is 0.121. The van der Waals surface area contributed by atoms with Crippen LogP contribution in [0.2, 0.25) is 0 Å². The minimum atomic E-state index is 0.528. The summed E-state index contributed by atoms with van der Waals surface area (Å²) in [6.07, 6.45) is 7.12. The number of ether oxygens (including phenoxy) is 1. The summed E-state index contributed by atoms with van der Waals surface area (Å²) in [7, 11) is 1.97. The number of hydrogen-bond acceptors (Lipinski definition) is 3. The number of benzene rings is 1. The van der Waals surface area contributed by atoms with E-state index in [1.165, 1.54) is 22.0 Å². The fourth-order valence-electron chi connectivity index (χ4n) is 3.59. The van der Waals surface area contributed by atoms with Crippen molar-refractivity contribution < 1.29 is 4.74 Å². The monoisotopic (exact) mass is 324 g/mol. The molecule has 1 N–H and O–H groups in total. The van der Waals surface area contributed by atoms with Crippen molar-refractivity contribution in [3.8, 4) is 0 Å². The quantitative estimate of drug-likeness (QED) is 0.802. The standard InChI is InChI=1S/C19H24N4O/c1-22-11-17(10-21-22)13-23-6-7-24-14-16(12-23)8-15-2-3-19-18(9-15)4-5-20-19/h2-5,9-11,16,20H,6-8,12-14H2,1H3. The van der Waals surface area contributed by atoms with Crippen molar-refractivity contribution in [1.82, 2.24) is 19.7 Å². The Balaban J connectivity index is 1.43. The molecule has 126 valence electrons. The van der Waals surface area contributed by atoms with Gasteiger partial charge in [-0.1, -0.05) is 6.07 Å². The lowest BCUT2D eigenvalue weighted by Crippen LogP contribution is -2.30. The van der Waals surface area contributed by atoms with E-state index in [1.807, 2.05) is 24.1 Å². The van der Waals surface area contributed by atoms with E-state index in [-0.39, 0.29) is 0 Å². The first-order valence-electron chi connectivity index (χ1n) is 8.60. The second-order valence-electron chi connectivity index (χ2n) is 6.80. The Bertz CT molecular complexity index is 806. The molecule has 5 nitrogen and oxygen atoms in total. The molecule has 5 heteroatoms. The molecule has 1 aliphatic heterocycles. The predicted molar refractivity (Wildman–Crippen MR) is 94.8 cm³/mol. The molecule has 1 aliphatic rings. The number of aromatic amines is 1. The zero-order valence-corrected chi connectivity index (χ0v) is 14.1. The van der Waals surface area contributed by atoms with Gasteiger partial charge in [0.15, 0.2) is 0 Å². The van der Waals surface area contributed by atoms with Gasteiger partial charge in [0.25, 0.3) is 0 Å². The van der Waals surface area contributed by atoms with Crippen molar-refractivity contribution in [3.63, 3.8) is 0 Å². The van der Waals surface area contributed by atoms with Crippen molar-refractivity contribution in [2.24, 2.45) is 13.0 Å². The van der Waals surface area contributed by atoms with Crippen LogP contribution in [0.15, 0.2) is 42.9 Å². The Morgan fingerprint density at radius 1 is 1.29 bits per heavy atom. The summed E-state index contributed by atoms with van der Waals surface area (Å²) in [4.78, 5) is 5.75. The second kappa shape index (κ2) is 6.79. The highest BCUT2D eigenvalue weighted by Gasteiger charge is 2.19. The van der Waals surface area contributed by atoms with E-state index in [2.05, 4.69) is 45.4 Å². The molecule has 1 aromatic carbocycles. The van der Waals surface area contributed by atoms with Crippen molar-refractivity contribution >= 4 is 10.9 Å². The summed E-state index contributed by atoms with van der Waals surface area (Å²) in [6.45, 7) is 4.66. The molecule has 3 heterocycles. The Morgan fingerprint density at radius 2 is 2.25 bits per heavy atom. The number of aromatic nitrogens is 3. The fourth-order valence-corrected chi connectivity index (χ4v) is 3.59. The smallest absolute Gasteiger partial charge is 0.0593 e. The van der Waals surface area contributed by atoms with Gasteiger partial charge in [0.05, 0.1) is 19.4 Å². The zero-order valence-electron chi connectivity index (χ0n) is 14.1. The summed E-state index contributed by atoms with van der Waals surface area (Å²) in [6, 6.07) is 8.84. The van der Waals surface area contributed by atoms with Gasteiger partial charge in [0, 0.05) is 50.2 Å². The number of hydrogen-bond donors (Lipinski definition) is 1. The van der Waals surface area contributed by atoms with Crippen LogP contribution in [-0.4, -0.2) is 46.0 Å². The van der Waals surface area contributed by atoms with Crippen molar-refractivity contribution in [1.29, 1.82) is 0 Å². The Morgan fingerprint density at radius 3 is 3.12 bits per heavy atom. The lowest BCUT2D eigenvalue weighted by atomic mass is 9.98. The van der Waals surface area contributed by atoms with Crippen LogP contribution in [0.25, 0.3) is 10.9 Å². The number of nitrogens with one attached hydrogen (secondary N) is 1. The Labute approximate surface area is 142 Å². The van der Waals surface area contributed by atoms with Crippen molar-refractivity contribution in [2.45, 2.75) is 13.0 Å². The van der Waals surface area contributed by atoms with E-state index < -0.39 is 0 Å². The molecule has 0 saturated carbocycles. The van der Waals surface area contributed by atoms with Crippen LogP contribution < -0.4 is 0 Å². The number of rotatable bonds is 4. The van der Waals surface area contributed by atoms with Gasteiger partial charge < -0.3 is 9.72 Å². The highest BCUT2D eigenvalue weighted by Crippen LogP contribution is 2.19. The number of H-pyrrole nitrogens is 1. The first kappa shape index (κ1) is 15.4. The Kier molecular flexibility index (Phi) is 4.36. The summed E-state index contributed by atoms with van der Waals surface area (Å²) < 4.78 is 7.72. The van der Waals surface area contributed by atoms with Gasteiger partial charge in [0.1, 0.15) is 0 Å². The van der Waals surface area contributed by atoms with Gasteiger partial charge in [-0.2, -0.15) is 5.10 Å². The zero-order chi connectivity index (χ0) is 16.4. The van der Waals surface area contributed by atoms with Gasteiger partial charge in [0.2, 0.25) is 0 Å². The maximum absolute atomic E-state index is 5.86. The number of aryl methyl sites for hydroxylation is 1. The number of fused-ring (bicyclic) bond motifs is 1. The third-order valence-corrected chi connectivity index (χ3v) is 4.73. The van der Waals surface area contributed by atoms with Crippen molar-refractivity contribution in [3.05, 3.63) is 54.0 Å². The normalized spacial score (nSPS) is 19.6. The van der Waals surface area contributed by atoms with Crippen LogP contribution >= 0.6 is 0 Å². The van der Waals surface area contributed by atoms with E-state index in [1.54, 1.807) is 0 Å². The van der Waals surface area contributed by atoms with E-state index in [9.17, 15) is 0 Å². The third kappa shape index (κ3) is 3.52. The molecular weight excluding hydrogens is 300 g/mol. The minimum Gasteiger partial charge on any atom is -0.380 e. The molecule has 0 aliphatic carbocycles. The molecule has 0 bridgehead atoms. The van der Waals surface area contributed by atoms with E-state index in [0.717, 1.165) is 39.3 Å². The molecule has 0 spiro atoms. The molecular formula is C19H24N4O. The fraction of sp³-hybridized carbons (Fsp3) is 0.421. The molecule has 1 fully saturated rings. The van der Waals surface area contributed by atoms with E-state index in [0.29, 0.717) is 5.92 Å². The molecule has 1 saturated heterocycles. The summed E-state index contributed by atoms with van der Waals surface area (Å²) in [5.74, 6) is 0.528.